The zero-order valence-electron chi connectivity index (χ0n) is 11.2. The molecule has 1 aromatic carbocycles. The van der Waals surface area contributed by atoms with Gasteiger partial charge >= 0.3 is 12.1 Å². The number of rotatable bonds is 4. The number of anilines is 1. The minimum atomic E-state index is -4.57. The first kappa shape index (κ1) is 14.7. The van der Waals surface area contributed by atoms with Gasteiger partial charge in [-0.3, -0.25) is 0 Å². The number of carboxylic acid groups (broad SMARTS) is 1. The molecule has 0 bridgehead atoms. The number of hydrogen-bond donors (Lipinski definition) is 1. The Balaban J connectivity index is 2.33. The van der Waals surface area contributed by atoms with Crippen molar-refractivity contribution in [3.05, 3.63) is 29.3 Å². The van der Waals surface area contributed by atoms with E-state index in [9.17, 15) is 18.0 Å². The summed E-state index contributed by atoms with van der Waals surface area (Å²) in [4.78, 5) is 12.4. The van der Waals surface area contributed by atoms with Gasteiger partial charge in [0.15, 0.2) is 0 Å². The molecule has 0 amide bonds. The third kappa shape index (κ3) is 3.05. The van der Waals surface area contributed by atoms with E-state index in [1.807, 2.05) is 0 Å². The highest BCUT2D eigenvalue weighted by atomic mass is 19.4. The van der Waals surface area contributed by atoms with Crippen LogP contribution in [-0.2, 0) is 6.18 Å². The maximum atomic E-state index is 13.1. The zero-order valence-corrected chi connectivity index (χ0v) is 11.2. The van der Waals surface area contributed by atoms with E-state index in [2.05, 4.69) is 6.92 Å². The van der Waals surface area contributed by atoms with Crippen LogP contribution in [0.25, 0.3) is 0 Å². The molecule has 3 nitrogen and oxygen atoms in total. The monoisotopic (exact) mass is 287 g/mol. The van der Waals surface area contributed by atoms with Crippen molar-refractivity contribution in [2.75, 3.05) is 18.5 Å². The minimum Gasteiger partial charge on any atom is -0.478 e. The molecule has 1 aliphatic carbocycles. The summed E-state index contributed by atoms with van der Waals surface area (Å²) in [6.07, 6.45) is -3.54. The second-order valence-corrected chi connectivity index (χ2v) is 5.39. The summed E-state index contributed by atoms with van der Waals surface area (Å²) < 4.78 is 39.2. The highest BCUT2D eigenvalue weighted by Crippen LogP contribution is 2.41. The first-order valence-corrected chi connectivity index (χ1v) is 6.36. The molecular weight excluding hydrogens is 271 g/mol. The lowest BCUT2D eigenvalue weighted by atomic mass is 10.1. The lowest BCUT2D eigenvalue weighted by Crippen LogP contribution is -2.24. The smallest absolute Gasteiger partial charge is 0.418 e. The third-order valence-electron chi connectivity index (χ3n) is 3.74. The fraction of sp³-hybridized carbons (Fsp3) is 0.500. The lowest BCUT2D eigenvalue weighted by molar-refractivity contribution is -0.137. The largest absolute Gasteiger partial charge is 0.478 e. The fourth-order valence-electron chi connectivity index (χ4n) is 2.33. The number of halogens is 3. The predicted octanol–water partition coefficient (Wildman–Crippen LogP) is 3.50. The molecular formula is C14H16F3NO2. The second-order valence-electron chi connectivity index (χ2n) is 5.39. The summed E-state index contributed by atoms with van der Waals surface area (Å²) in [7, 11) is 1.61. The van der Waals surface area contributed by atoms with E-state index in [0.29, 0.717) is 24.4 Å². The van der Waals surface area contributed by atoms with Crippen molar-refractivity contribution in [3.8, 4) is 0 Å². The quantitative estimate of drug-likeness (QED) is 0.921. The molecule has 0 saturated heterocycles. The van der Waals surface area contributed by atoms with Crippen LogP contribution in [0.3, 0.4) is 0 Å². The van der Waals surface area contributed by atoms with Gasteiger partial charge in [0.1, 0.15) is 0 Å². The SMILES string of the molecule is CC1CC1CN(C)c1ccc(C(=O)O)cc1C(F)(F)F. The van der Waals surface area contributed by atoms with Gasteiger partial charge < -0.3 is 10.0 Å². The minimum absolute atomic E-state index is 0.0293. The van der Waals surface area contributed by atoms with Crippen molar-refractivity contribution < 1.29 is 23.1 Å². The first-order valence-electron chi connectivity index (χ1n) is 6.36. The van der Waals surface area contributed by atoms with Gasteiger partial charge in [-0.2, -0.15) is 13.2 Å². The van der Waals surface area contributed by atoms with Crippen LogP contribution in [0.2, 0.25) is 0 Å². The van der Waals surface area contributed by atoms with E-state index >= 15 is 0 Å². The summed E-state index contributed by atoms with van der Waals surface area (Å²) >= 11 is 0. The van der Waals surface area contributed by atoms with Gasteiger partial charge in [0, 0.05) is 19.3 Å². The van der Waals surface area contributed by atoms with Crippen LogP contribution in [0.1, 0.15) is 29.3 Å². The zero-order chi connectivity index (χ0) is 15.1. The Morgan fingerprint density at radius 2 is 2.05 bits per heavy atom. The van der Waals surface area contributed by atoms with Crippen molar-refractivity contribution in [3.63, 3.8) is 0 Å². The van der Waals surface area contributed by atoms with Crippen molar-refractivity contribution in [1.82, 2.24) is 0 Å². The second kappa shape index (κ2) is 5.00. The topological polar surface area (TPSA) is 40.5 Å². The Bertz CT molecular complexity index is 528. The Labute approximate surface area is 115 Å². The molecule has 20 heavy (non-hydrogen) atoms. The molecule has 2 rings (SSSR count). The highest BCUT2D eigenvalue weighted by Gasteiger charge is 2.37. The lowest BCUT2D eigenvalue weighted by Gasteiger charge is -2.24. The van der Waals surface area contributed by atoms with E-state index in [0.717, 1.165) is 6.42 Å². The fourth-order valence-corrected chi connectivity index (χ4v) is 2.33. The maximum absolute atomic E-state index is 13.1. The van der Waals surface area contributed by atoms with E-state index < -0.39 is 17.7 Å². The molecule has 110 valence electrons. The molecule has 1 aliphatic rings. The van der Waals surface area contributed by atoms with Crippen LogP contribution >= 0.6 is 0 Å². The van der Waals surface area contributed by atoms with Gasteiger partial charge in [-0.25, -0.2) is 4.79 Å². The van der Waals surface area contributed by atoms with E-state index in [1.165, 1.54) is 12.1 Å². The molecule has 1 N–H and O–H groups in total. The van der Waals surface area contributed by atoms with Crippen LogP contribution in [-0.4, -0.2) is 24.7 Å². The van der Waals surface area contributed by atoms with E-state index in [-0.39, 0.29) is 11.3 Å². The number of benzene rings is 1. The molecule has 1 saturated carbocycles. The predicted molar refractivity (Wildman–Crippen MR) is 68.9 cm³/mol. The molecule has 0 radical (unpaired) electrons. The normalized spacial score (nSPS) is 21.6. The molecule has 1 fully saturated rings. The van der Waals surface area contributed by atoms with Gasteiger partial charge in [0.05, 0.1) is 11.1 Å². The Kier molecular flexibility index (Phi) is 3.67. The summed E-state index contributed by atoms with van der Waals surface area (Å²) in [5, 5.41) is 8.81. The number of carbonyl (C=O) groups is 1. The van der Waals surface area contributed by atoms with Gasteiger partial charge in [-0.1, -0.05) is 6.92 Å². The van der Waals surface area contributed by atoms with Crippen molar-refractivity contribution in [2.45, 2.75) is 19.5 Å². The Morgan fingerprint density at radius 3 is 2.50 bits per heavy atom. The van der Waals surface area contributed by atoms with Crippen LogP contribution in [0.4, 0.5) is 18.9 Å². The van der Waals surface area contributed by atoms with Crippen LogP contribution in [0.15, 0.2) is 18.2 Å². The molecule has 0 spiro atoms. The molecule has 6 heteroatoms. The average Bonchev–Trinajstić information content (AvgIpc) is 3.02. The van der Waals surface area contributed by atoms with E-state index in [4.69, 9.17) is 5.11 Å². The number of alkyl halides is 3. The molecule has 0 aliphatic heterocycles. The third-order valence-corrected chi connectivity index (χ3v) is 3.74. The van der Waals surface area contributed by atoms with Crippen LogP contribution in [0, 0.1) is 11.8 Å². The van der Waals surface area contributed by atoms with Gasteiger partial charge in [0.2, 0.25) is 0 Å². The summed E-state index contributed by atoms with van der Waals surface area (Å²) in [5.41, 5.74) is -1.22. The molecule has 0 heterocycles. The van der Waals surface area contributed by atoms with E-state index in [1.54, 1.807) is 11.9 Å². The van der Waals surface area contributed by atoms with Crippen molar-refractivity contribution in [1.29, 1.82) is 0 Å². The number of aromatic carboxylic acids is 1. The summed E-state index contributed by atoms with van der Waals surface area (Å²) in [6.45, 7) is 2.62. The van der Waals surface area contributed by atoms with Crippen LogP contribution < -0.4 is 4.90 Å². The number of nitrogens with zero attached hydrogens (tertiary/aromatic N) is 1. The number of hydrogen-bond acceptors (Lipinski definition) is 2. The molecule has 2 atom stereocenters. The van der Waals surface area contributed by atoms with Gasteiger partial charge in [-0.15, -0.1) is 0 Å². The maximum Gasteiger partial charge on any atom is 0.418 e. The Morgan fingerprint density at radius 1 is 1.45 bits per heavy atom. The van der Waals surface area contributed by atoms with Crippen LogP contribution in [0.5, 0.6) is 0 Å². The number of carboxylic acids is 1. The molecule has 1 aromatic rings. The molecule has 2 unspecified atom stereocenters. The molecule has 0 aromatic heterocycles. The highest BCUT2D eigenvalue weighted by molar-refractivity contribution is 5.88. The average molecular weight is 287 g/mol. The summed E-state index contributed by atoms with van der Waals surface area (Å²) in [6, 6.07) is 3.14. The van der Waals surface area contributed by atoms with Gasteiger partial charge in [-0.05, 0) is 36.5 Å². The Hall–Kier alpha value is -1.72. The summed E-state index contributed by atoms with van der Waals surface area (Å²) in [5.74, 6) is -0.397. The van der Waals surface area contributed by atoms with Crippen molar-refractivity contribution >= 4 is 11.7 Å². The van der Waals surface area contributed by atoms with Gasteiger partial charge in [0.25, 0.3) is 0 Å². The first-order chi connectivity index (χ1) is 9.20. The standard InChI is InChI=1S/C14H16F3NO2/c1-8-5-10(8)7-18(2)12-4-3-9(13(19)20)6-11(12)14(15,16)17/h3-4,6,8,10H,5,7H2,1-2H3,(H,19,20). The van der Waals surface area contributed by atoms with Crippen molar-refractivity contribution in [2.24, 2.45) is 11.8 Å².